The van der Waals surface area contributed by atoms with Crippen LogP contribution in [0.2, 0.25) is 5.02 Å². The van der Waals surface area contributed by atoms with E-state index >= 15 is 0 Å². The number of amides is 2. The van der Waals surface area contributed by atoms with Crippen LogP contribution in [-0.2, 0) is 0 Å². The number of nitrogen functional groups attached to an aromatic ring is 1. The van der Waals surface area contributed by atoms with Crippen molar-refractivity contribution in [1.29, 1.82) is 5.26 Å². The summed E-state index contributed by atoms with van der Waals surface area (Å²) in [6.07, 6.45) is 3.04. The number of nitriles is 1. The van der Waals surface area contributed by atoms with Gasteiger partial charge < -0.3 is 20.9 Å². The summed E-state index contributed by atoms with van der Waals surface area (Å²) in [7, 11) is 0. The third-order valence-corrected chi connectivity index (χ3v) is 5.59. The first-order valence-electron chi connectivity index (χ1n) is 10.3. The Morgan fingerprint density at radius 3 is 2.62 bits per heavy atom. The molecule has 10 heteroatoms. The fourth-order valence-electron chi connectivity index (χ4n) is 3.57. The topological polar surface area (TPSA) is 139 Å². The number of benzene rings is 2. The number of rotatable bonds is 5. The smallest absolute Gasteiger partial charge is 0.323 e. The zero-order chi connectivity index (χ0) is 24.4. The Labute approximate surface area is 200 Å². The standard InChI is InChI=1S/C24H20ClN7O2/c1-13(2)32-11-17(19-22(27)28-12-29-23(19)32)21(33)16-7-4-8-18(20(16)25)31-24(34)30-15-6-3-5-14(9-15)10-26/h3-9,11-13H,1-2H3,(H2,27,28,29)(H2,30,31,34). The monoisotopic (exact) mass is 473 g/mol. The lowest BCUT2D eigenvalue weighted by Crippen LogP contribution is -2.20. The molecule has 0 aliphatic carbocycles. The number of hydrogen-bond donors (Lipinski definition) is 3. The van der Waals surface area contributed by atoms with Gasteiger partial charge in [0, 0.05) is 23.5 Å². The normalized spacial score (nSPS) is 10.8. The minimum Gasteiger partial charge on any atom is -0.383 e. The number of halogens is 1. The van der Waals surface area contributed by atoms with Gasteiger partial charge in [0.15, 0.2) is 5.78 Å². The van der Waals surface area contributed by atoms with E-state index in [0.717, 1.165) is 0 Å². The van der Waals surface area contributed by atoms with Crippen LogP contribution in [-0.4, -0.2) is 26.3 Å². The molecule has 0 fully saturated rings. The summed E-state index contributed by atoms with van der Waals surface area (Å²) in [6.45, 7) is 3.93. The van der Waals surface area contributed by atoms with Gasteiger partial charge in [0.1, 0.15) is 17.8 Å². The van der Waals surface area contributed by atoms with E-state index in [4.69, 9.17) is 22.6 Å². The predicted molar refractivity (Wildman–Crippen MR) is 131 cm³/mol. The minimum atomic E-state index is -0.573. The molecule has 2 heterocycles. The summed E-state index contributed by atoms with van der Waals surface area (Å²) in [6, 6.07) is 12.7. The Morgan fingerprint density at radius 1 is 1.12 bits per heavy atom. The molecule has 0 saturated carbocycles. The highest BCUT2D eigenvalue weighted by Gasteiger charge is 2.24. The van der Waals surface area contributed by atoms with Gasteiger partial charge in [-0.3, -0.25) is 4.79 Å². The molecule has 0 radical (unpaired) electrons. The van der Waals surface area contributed by atoms with E-state index in [1.165, 1.54) is 12.4 Å². The van der Waals surface area contributed by atoms with Gasteiger partial charge >= 0.3 is 6.03 Å². The Kier molecular flexibility index (Phi) is 6.17. The maximum atomic E-state index is 13.5. The molecule has 0 aliphatic rings. The molecule has 2 amide bonds. The number of nitrogens with zero attached hydrogens (tertiary/aromatic N) is 4. The van der Waals surface area contributed by atoms with Crippen molar-refractivity contribution in [2.75, 3.05) is 16.4 Å². The van der Waals surface area contributed by atoms with Gasteiger partial charge in [-0.25, -0.2) is 14.8 Å². The van der Waals surface area contributed by atoms with Crippen molar-refractivity contribution >= 4 is 51.6 Å². The van der Waals surface area contributed by atoms with Gasteiger partial charge in [-0.1, -0.05) is 23.7 Å². The predicted octanol–water partition coefficient (Wildman–Crippen LogP) is 4.99. The number of nitrogens with two attached hydrogens (primary N) is 1. The van der Waals surface area contributed by atoms with Crippen LogP contribution in [0.1, 0.15) is 41.4 Å². The number of nitrogens with one attached hydrogen (secondary N) is 2. The third-order valence-electron chi connectivity index (χ3n) is 5.18. The molecular formula is C24H20ClN7O2. The van der Waals surface area contributed by atoms with Crippen LogP contribution in [0.15, 0.2) is 55.0 Å². The van der Waals surface area contributed by atoms with Crippen LogP contribution in [0.4, 0.5) is 22.0 Å². The lowest BCUT2D eigenvalue weighted by molar-refractivity contribution is 0.104. The summed E-state index contributed by atoms with van der Waals surface area (Å²) in [4.78, 5) is 34.3. The molecule has 4 aromatic rings. The Bertz CT molecular complexity index is 1470. The van der Waals surface area contributed by atoms with Crippen LogP contribution in [0, 0.1) is 11.3 Å². The number of aromatic nitrogens is 3. The van der Waals surface area contributed by atoms with Gasteiger partial charge in [0.2, 0.25) is 0 Å². The molecule has 0 aliphatic heterocycles. The van der Waals surface area contributed by atoms with Crippen LogP contribution in [0.3, 0.4) is 0 Å². The number of urea groups is 1. The summed E-state index contributed by atoms with van der Waals surface area (Å²) in [5.74, 6) is -0.182. The molecule has 2 aromatic carbocycles. The van der Waals surface area contributed by atoms with Crippen LogP contribution in [0.25, 0.3) is 11.0 Å². The molecule has 0 saturated heterocycles. The zero-order valence-electron chi connectivity index (χ0n) is 18.3. The van der Waals surface area contributed by atoms with Crippen molar-refractivity contribution in [3.8, 4) is 6.07 Å². The summed E-state index contributed by atoms with van der Waals surface area (Å²) < 4.78 is 1.85. The summed E-state index contributed by atoms with van der Waals surface area (Å²) in [5.41, 5.74) is 8.24. The molecule has 9 nitrogen and oxygen atoms in total. The second-order valence-corrected chi connectivity index (χ2v) is 8.15. The Morgan fingerprint density at radius 2 is 1.88 bits per heavy atom. The second kappa shape index (κ2) is 9.21. The van der Waals surface area contributed by atoms with E-state index in [0.29, 0.717) is 27.8 Å². The lowest BCUT2D eigenvalue weighted by Gasteiger charge is -2.11. The summed E-state index contributed by atoms with van der Waals surface area (Å²) in [5, 5.41) is 14.8. The van der Waals surface area contributed by atoms with E-state index in [2.05, 4.69) is 20.6 Å². The van der Waals surface area contributed by atoms with E-state index in [1.54, 1.807) is 42.6 Å². The number of fused-ring (bicyclic) bond motifs is 1. The molecule has 0 bridgehead atoms. The number of ketones is 1. The molecule has 0 unspecified atom stereocenters. The number of anilines is 3. The molecule has 0 atom stereocenters. The average molecular weight is 474 g/mol. The van der Waals surface area contributed by atoms with Gasteiger partial charge in [0.05, 0.1) is 33.3 Å². The van der Waals surface area contributed by atoms with Crippen molar-refractivity contribution in [2.45, 2.75) is 19.9 Å². The average Bonchev–Trinajstić information content (AvgIpc) is 3.21. The first-order chi connectivity index (χ1) is 16.3. The molecule has 4 rings (SSSR count). The van der Waals surface area contributed by atoms with Crippen molar-refractivity contribution in [3.05, 3.63) is 76.7 Å². The lowest BCUT2D eigenvalue weighted by atomic mass is 10.0. The van der Waals surface area contributed by atoms with Crippen LogP contribution in [0.5, 0.6) is 0 Å². The quantitative estimate of drug-likeness (QED) is 0.349. The molecular weight excluding hydrogens is 454 g/mol. The van der Waals surface area contributed by atoms with E-state index < -0.39 is 6.03 Å². The van der Waals surface area contributed by atoms with Crippen molar-refractivity contribution in [2.24, 2.45) is 0 Å². The van der Waals surface area contributed by atoms with Gasteiger partial charge in [-0.2, -0.15) is 5.26 Å². The number of carbonyl (C=O) groups excluding carboxylic acids is 2. The molecule has 2 aromatic heterocycles. The molecule has 34 heavy (non-hydrogen) atoms. The number of carbonyl (C=O) groups is 2. The maximum Gasteiger partial charge on any atom is 0.323 e. The molecule has 170 valence electrons. The fourth-order valence-corrected chi connectivity index (χ4v) is 3.83. The van der Waals surface area contributed by atoms with E-state index in [9.17, 15) is 9.59 Å². The Balaban J connectivity index is 1.65. The van der Waals surface area contributed by atoms with Crippen molar-refractivity contribution in [1.82, 2.24) is 14.5 Å². The highest BCUT2D eigenvalue weighted by Crippen LogP contribution is 2.32. The van der Waals surface area contributed by atoms with Crippen molar-refractivity contribution in [3.63, 3.8) is 0 Å². The van der Waals surface area contributed by atoms with Gasteiger partial charge in [0.25, 0.3) is 0 Å². The zero-order valence-corrected chi connectivity index (χ0v) is 19.1. The third kappa shape index (κ3) is 4.27. The fraction of sp³-hybridized carbons (Fsp3) is 0.125. The highest BCUT2D eigenvalue weighted by atomic mass is 35.5. The van der Waals surface area contributed by atoms with Crippen LogP contribution < -0.4 is 16.4 Å². The SMILES string of the molecule is CC(C)n1cc(C(=O)c2cccc(NC(=O)Nc3cccc(C#N)c3)c2Cl)c2c(N)ncnc21. The largest absolute Gasteiger partial charge is 0.383 e. The van der Waals surface area contributed by atoms with Crippen LogP contribution >= 0.6 is 11.6 Å². The summed E-state index contributed by atoms with van der Waals surface area (Å²) >= 11 is 6.53. The van der Waals surface area contributed by atoms with E-state index in [-0.39, 0.29) is 33.9 Å². The molecule has 0 spiro atoms. The maximum absolute atomic E-state index is 13.5. The first-order valence-corrected chi connectivity index (χ1v) is 10.7. The first kappa shape index (κ1) is 22.8. The van der Waals surface area contributed by atoms with Crippen molar-refractivity contribution < 1.29 is 9.59 Å². The minimum absolute atomic E-state index is 0.0325. The van der Waals surface area contributed by atoms with E-state index in [1.807, 2.05) is 24.5 Å². The molecule has 4 N–H and O–H groups in total. The van der Waals surface area contributed by atoms with Gasteiger partial charge in [-0.15, -0.1) is 0 Å². The second-order valence-electron chi connectivity index (χ2n) is 7.77. The van der Waals surface area contributed by atoms with Gasteiger partial charge in [-0.05, 0) is 44.2 Å². The number of hydrogen-bond acceptors (Lipinski definition) is 6. The highest BCUT2D eigenvalue weighted by molar-refractivity contribution is 6.38. The Hall–Kier alpha value is -4.42.